The highest BCUT2D eigenvalue weighted by Crippen LogP contribution is 2.43. The number of halogens is 2. The van der Waals surface area contributed by atoms with E-state index in [9.17, 15) is 8.78 Å². The number of hydrogen-bond acceptors (Lipinski definition) is 3. The number of benzene rings is 2. The third-order valence-corrected chi connectivity index (χ3v) is 5.48. The van der Waals surface area contributed by atoms with Gasteiger partial charge in [-0.1, -0.05) is 24.3 Å². The number of allylic oxidation sites excluding steroid dienone is 1. The highest BCUT2D eigenvalue weighted by Gasteiger charge is 2.38. The highest BCUT2D eigenvalue weighted by atomic mass is 19.1. The van der Waals surface area contributed by atoms with Crippen molar-refractivity contribution in [2.45, 2.75) is 25.3 Å². The molecule has 1 aliphatic heterocycles. The molecular formula is C22H18F2N4. The lowest BCUT2D eigenvalue weighted by molar-refractivity contribution is 0.384. The maximum Gasteiger partial charge on any atom is 0.248 e. The number of hydrogen-bond donors (Lipinski definition) is 0. The van der Waals surface area contributed by atoms with Gasteiger partial charge in [0.05, 0.1) is 11.8 Å². The highest BCUT2D eigenvalue weighted by molar-refractivity contribution is 6.07. The van der Waals surface area contributed by atoms with E-state index in [-0.39, 0.29) is 23.6 Å². The molecule has 0 amide bonds. The number of aliphatic imine (C=N–C) groups is 1. The van der Waals surface area contributed by atoms with Crippen LogP contribution in [-0.4, -0.2) is 20.5 Å². The number of nitrogens with zero attached hydrogens (tertiary/aromatic N) is 4. The molecule has 2 aromatic carbocycles. The lowest BCUT2D eigenvalue weighted by atomic mass is 9.76. The molecule has 2 unspecified atom stereocenters. The van der Waals surface area contributed by atoms with Gasteiger partial charge in [-0.2, -0.15) is 10.1 Å². The molecule has 0 radical (unpaired) electrons. The van der Waals surface area contributed by atoms with Crippen LogP contribution in [0.15, 0.2) is 65.4 Å². The topological polar surface area (TPSA) is 43.1 Å². The van der Waals surface area contributed by atoms with E-state index in [0.29, 0.717) is 5.95 Å². The fraction of sp³-hybridized carbons (Fsp3) is 0.227. The SMILES string of the molecule is Fc1ccc(C=C2CCCC3C2=Nc2ncnn2C3c2ccc(F)cc2)cc1. The van der Waals surface area contributed by atoms with Crippen molar-refractivity contribution in [1.29, 1.82) is 0 Å². The van der Waals surface area contributed by atoms with E-state index in [2.05, 4.69) is 16.2 Å². The molecule has 2 heterocycles. The van der Waals surface area contributed by atoms with Crippen molar-refractivity contribution in [3.8, 4) is 0 Å². The maximum absolute atomic E-state index is 13.5. The van der Waals surface area contributed by atoms with Gasteiger partial charge < -0.3 is 0 Å². The van der Waals surface area contributed by atoms with Gasteiger partial charge in [0.1, 0.15) is 18.0 Å². The lowest BCUT2D eigenvalue weighted by Gasteiger charge is -2.36. The van der Waals surface area contributed by atoms with Crippen LogP contribution in [-0.2, 0) is 0 Å². The molecule has 4 nitrogen and oxygen atoms in total. The summed E-state index contributed by atoms with van der Waals surface area (Å²) in [5.41, 5.74) is 4.09. The zero-order valence-corrected chi connectivity index (χ0v) is 15.1. The van der Waals surface area contributed by atoms with Crippen LogP contribution < -0.4 is 0 Å². The maximum atomic E-state index is 13.5. The molecule has 28 heavy (non-hydrogen) atoms. The second-order valence-corrected chi connectivity index (χ2v) is 7.22. The summed E-state index contributed by atoms with van der Waals surface area (Å²) in [6.07, 6.45) is 6.51. The standard InChI is InChI=1S/C22H18F2N4/c23-17-8-4-14(5-9-17)12-16-2-1-3-19-20(16)27-22-25-13-26-28(22)21(19)15-6-10-18(24)11-7-15/h4-13,19,21H,1-3H2. The van der Waals surface area contributed by atoms with Crippen LogP contribution in [0.5, 0.6) is 0 Å². The summed E-state index contributed by atoms with van der Waals surface area (Å²) in [5, 5.41) is 4.39. The fourth-order valence-electron chi connectivity index (χ4n) is 4.22. The van der Waals surface area contributed by atoms with Gasteiger partial charge in [-0.3, -0.25) is 0 Å². The third-order valence-electron chi connectivity index (χ3n) is 5.48. The molecule has 2 aliphatic rings. The summed E-state index contributed by atoms with van der Waals surface area (Å²) >= 11 is 0. The summed E-state index contributed by atoms with van der Waals surface area (Å²) in [6, 6.07) is 13.0. The molecule has 1 aromatic heterocycles. The summed E-state index contributed by atoms with van der Waals surface area (Å²) in [4.78, 5) is 9.11. The van der Waals surface area contributed by atoms with Gasteiger partial charge in [0.15, 0.2) is 0 Å². The lowest BCUT2D eigenvalue weighted by Crippen LogP contribution is -2.34. The minimum Gasteiger partial charge on any atom is -0.222 e. The van der Waals surface area contributed by atoms with E-state index >= 15 is 0 Å². The van der Waals surface area contributed by atoms with Gasteiger partial charge in [0.2, 0.25) is 5.95 Å². The molecule has 0 bridgehead atoms. The molecule has 3 aromatic rings. The molecule has 5 rings (SSSR count). The Kier molecular flexibility index (Phi) is 4.11. The zero-order chi connectivity index (χ0) is 19.1. The first-order chi connectivity index (χ1) is 13.7. The summed E-state index contributed by atoms with van der Waals surface area (Å²) < 4.78 is 28.5. The Labute approximate surface area is 161 Å². The number of fused-ring (bicyclic) bond motifs is 2. The smallest absolute Gasteiger partial charge is 0.222 e. The summed E-state index contributed by atoms with van der Waals surface area (Å²) in [7, 11) is 0. The summed E-state index contributed by atoms with van der Waals surface area (Å²) in [5.74, 6) is 0.198. The molecule has 0 spiro atoms. The van der Waals surface area contributed by atoms with E-state index in [0.717, 1.165) is 41.7 Å². The van der Waals surface area contributed by atoms with Crippen LogP contribution in [0.3, 0.4) is 0 Å². The monoisotopic (exact) mass is 376 g/mol. The second-order valence-electron chi connectivity index (χ2n) is 7.22. The zero-order valence-electron chi connectivity index (χ0n) is 15.1. The minimum absolute atomic E-state index is 0.0671. The van der Waals surface area contributed by atoms with Gasteiger partial charge in [0, 0.05) is 5.92 Å². The Bertz CT molecular complexity index is 1060. The van der Waals surface area contributed by atoms with Crippen molar-refractivity contribution < 1.29 is 8.78 Å². The van der Waals surface area contributed by atoms with Crippen LogP contribution in [0.2, 0.25) is 0 Å². The Morgan fingerprint density at radius 2 is 1.68 bits per heavy atom. The molecule has 0 saturated heterocycles. The van der Waals surface area contributed by atoms with Gasteiger partial charge in [-0.25, -0.2) is 18.5 Å². The molecule has 1 aliphatic carbocycles. The Morgan fingerprint density at radius 3 is 2.43 bits per heavy atom. The van der Waals surface area contributed by atoms with E-state index in [1.165, 1.54) is 30.6 Å². The van der Waals surface area contributed by atoms with Gasteiger partial charge in [0.25, 0.3) is 0 Å². The van der Waals surface area contributed by atoms with Gasteiger partial charge in [-0.05, 0) is 66.3 Å². The second kappa shape index (κ2) is 6.78. The van der Waals surface area contributed by atoms with Gasteiger partial charge in [-0.15, -0.1) is 0 Å². The van der Waals surface area contributed by atoms with Crippen molar-refractivity contribution in [2.24, 2.45) is 10.9 Å². The van der Waals surface area contributed by atoms with Crippen LogP contribution in [0.25, 0.3) is 6.08 Å². The first-order valence-electron chi connectivity index (χ1n) is 9.39. The Hall–Kier alpha value is -3.15. The fourth-order valence-corrected chi connectivity index (χ4v) is 4.22. The average Bonchev–Trinajstić information content (AvgIpc) is 3.17. The molecule has 140 valence electrons. The van der Waals surface area contributed by atoms with Crippen molar-refractivity contribution >= 4 is 17.7 Å². The molecular weight excluding hydrogens is 358 g/mol. The average molecular weight is 376 g/mol. The molecule has 0 N–H and O–H groups in total. The van der Waals surface area contributed by atoms with Crippen LogP contribution in [0, 0.1) is 17.6 Å². The van der Waals surface area contributed by atoms with E-state index < -0.39 is 0 Å². The van der Waals surface area contributed by atoms with Crippen molar-refractivity contribution in [3.05, 3.63) is 83.2 Å². The predicted molar refractivity (Wildman–Crippen MR) is 103 cm³/mol. The molecule has 1 fully saturated rings. The van der Waals surface area contributed by atoms with Crippen LogP contribution >= 0.6 is 0 Å². The van der Waals surface area contributed by atoms with Crippen LogP contribution in [0.4, 0.5) is 14.7 Å². The quantitative estimate of drug-likeness (QED) is 0.623. The predicted octanol–water partition coefficient (Wildman–Crippen LogP) is 5.12. The van der Waals surface area contributed by atoms with Crippen molar-refractivity contribution in [1.82, 2.24) is 14.8 Å². The van der Waals surface area contributed by atoms with Crippen molar-refractivity contribution in [2.75, 3.05) is 0 Å². The van der Waals surface area contributed by atoms with E-state index in [1.54, 1.807) is 12.1 Å². The van der Waals surface area contributed by atoms with Gasteiger partial charge >= 0.3 is 0 Å². The minimum atomic E-state index is -0.257. The normalized spacial score (nSPS) is 22.5. The van der Waals surface area contributed by atoms with E-state index in [4.69, 9.17) is 4.99 Å². The first-order valence-corrected chi connectivity index (χ1v) is 9.39. The Balaban J connectivity index is 1.60. The van der Waals surface area contributed by atoms with Crippen LogP contribution in [0.1, 0.15) is 36.4 Å². The summed E-state index contributed by atoms with van der Waals surface area (Å²) in [6.45, 7) is 0. The molecule has 6 heteroatoms. The number of rotatable bonds is 2. The van der Waals surface area contributed by atoms with Crippen molar-refractivity contribution in [3.63, 3.8) is 0 Å². The number of aromatic nitrogens is 3. The first kappa shape index (κ1) is 17.0. The molecule has 2 atom stereocenters. The largest absolute Gasteiger partial charge is 0.248 e. The third kappa shape index (κ3) is 2.95. The Morgan fingerprint density at radius 1 is 0.964 bits per heavy atom. The van der Waals surface area contributed by atoms with E-state index in [1.807, 2.05) is 16.8 Å². The molecule has 1 saturated carbocycles.